The Morgan fingerprint density at radius 3 is 2.90 bits per heavy atom. The summed E-state index contributed by atoms with van der Waals surface area (Å²) in [6, 6.07) is 0. The topological polar surface area (TPSA) is 64.5 Å². The number of hydrazine groups is 1. The maximum atomic E-state index is 5.52. The molecule has 1 fully saturated rings. The van der Waals surface area contributed by atoms with Gasteiger partial charge in [-0.15, -0.1) is 0 Å². The van der Waals surface area contributed by atoms with Gasteiger partial charge >= 0.3 is 0 Å². The van der Waals surface area contributed by atoms with Gasteiger partial charge in [0.15, 0.2) is 6.35 Å². The SMILES string of the molecule is CC[C@H]1CCN(N)C(N)O1. The monoisotopic (exact) mass is 145 g/mol. The largest absolute Gasteiger partial charge is 0.345 e. The first-order chi connectivity index (χ1) is 4.74. The molecule has 0 aromatic rings. The highest BCUT2D eigenvalue weighted by molar-refractivity contribution is 4.65. The van der Waals surface area contributed by atoms with Gasteiger partial charge in [0.25, 0.3) is 0 Å². The highest BCUT2D eigenvalue weighted by Crippen LogP contribution is 2.11. The van der Waals surface area contributed by atoms with Crippen molar-refractivity contribution in [2.75, 3.05) is 6.54 Å². The zero-order valence-electron chi connectivity index (χ0n) is 6.29. The minimum Gasteiger partial charge on any atom is -0.345 e. The molecular weight excluding hydrogens is 130 g/mol. The maximum absolute atomic E-state index is 5.52. The molecule has 1 heterocycles. The lowest BCUT2D eigenvalue weighted by molar-refractivity contribution is -0.137. The van der Waals surface area contributed by atoms with Crippen LogP contribution in [0.5, 0.6) is 0 Å². The summed E-state index contributed by atoms with van der Waals surface area (Å²) in [5.74, 6) is 5.48. The fourth-order valence-corrected chi connectivity index (χ4v) is 1.06. The van der Waals surface area contributed by atoms with Crippen molar-refractivity contribution in [1.29, 1.82) is 0 Å². The van der Waals surface area contributed by atoms with Gasteiger partial charge in [0.05, 0.1) is 6.10 Å². The second kappa shape index (κ2) is 3.30. The van der Waals surface area contributed by atoms with Crippen LogP contribution < -0.4 is 11.6 Å². The van der Waals surface area contributed by atoms with Crippen molar-refractivity contribution in [3.63, 3.8) is 0 Å². The third-order valence-electron chi connectivity index (χ3n) is 1.82. The Hall–Kier alpha value is -0.160. The fourth-order valence-electron chi connectivity index (χ4n) is 1.06. The standard InChI is InChI=1S/C6H15N3O/c1-2-5-3-4-9(8)6(7)10-5/h5-6H,2-4,7-8H2,1H3/t5-,6?/m0/s1. The molecule has 0 aliphatic carbocycles. The summed E-state index contributed by atoms with van der Waals surface area (Å²) in [7, 11) is 0. The molecule has 4 nitrogen and oxygen atoms in total. The fraction of sp³-hybridized carbons (Fsp3) is 1.00. The average molecular weight is 145 g/mol. The summed E-state index contributed by atoms with van der Waals surface area (Å²) in [6.45, 7) is 2.92. The molecule has 0 amide bonds. The summed E-state index contributed by atoms with van der Waals surface area (Å²) in [5, 5.41) is 1.52. The van der Waals surface area contributed by atoms with E-state index in [9.17, 15) is 0 Å². The summed E-state index contributed by atoms with van der Waals surface area (Å²) >= 11 is 0. The molecule has 0 aromatic heterocycles. The first kappa shape index (κ1) is 7.94. The van der Waals surface area contributed by atoms with Crippen molar-refractivity contribution in [2.24, 2.45) is 11.6 Å². The van der Waals surface area contributed by atoms with E-state index in [4.69, 9.17) is 16.3 Å². The van der Waals surface area contributed by atoms with E-state index in [-0.39, 0.29) is 0 Å². The van der Waals surface area contributed by atoms with Gasteiger partial charge in [0.2, 0.25) is 0 Å². The molecule has 60 valence electrons. The molecule has 4 heteroatoms. The molecule has 1 aliphatic heterocycles. The first-order valence-electron chi connectivity index (χ1n) is 3.66. The highest BCUT2D eigenvalue weighted by Gasteiger charge is 2.22. The molecular formula is C6H15N3O. The van der Waals surface area contributed by atoms with Crippen LogP contribution in [-0.4, -0.2) is 24.0 Å². The molecule has 1 saturated heterocycles. The molecule has 4 N–H and O–H groups in total. The van der Waals surface area contributed by atoms with Crippen molar-refractivity contribution < 1.29 is 4.74 Å². The highest BCUT2D eigenvalue weighted by atomic mass is 16.5. The van der Waals surface area contributed by atoms with Gasteiger partial charge in [0, 0.05) is 6.54 Å². The van der Waals surface area contributed by atoms with E-state index >= 15 is 0 Å². The van der Waals surface area contributed by atoms with Crippen molar-refractivity contribution in [3.8, 4) is 0 Å². The molecule has 0 aromatic carbocycles. The zero-order valence-corrected chi connectivity index (χ0v) is 6.29. The van der Waals surface area contributed by atoms with E-state index in [1.807, 2.05) is 0 Å². The van der Waals surface area contributed by atoms with Crippen LogP contribution in [0.15, 0.2) is 0 Å². The number of rotatable bonds is 1. The predicted octanol–water partition coefficient (Wildman–Crippen LogP) is -0.397. The Morgan fingerprint density at radius 2 is 2.40 bits per heavy atom. The van der Waals surface area contributed by atoms with Crippen LogP contribution in [0.3, 0.4) is 0 Å². The van der Waals surface area contributed by atoms with Crippen LogP contribution in [0.1, 0.15) is 19.8 Å². The van der Waals surface area contributed by atoms with Crippen molar-refractivity contribution in [3.05, 3.63) is 0 Å². The normalized spacial score (nSPS) is 36.3. The Balaban J connectivity index is 2.33. The quantitative estimate of drug-likeness (QED) is 0.493. The van der Waals surface area contributed by atoms with E-state index in [0.29, 0.717) is 6.10 Å². The molecule has 1 unspecified atom stereocenters. The van der Waals surface area contributed by atoms with Gasteiger partial charge in [0.1, 0.15) is 0 Å². The summed E-state index contributed by atoms with van der Waals surface area (Å²) in [6.07, 6.45) is 1.90. The number of hydrogen-bond acceptors (Lipinski definition) is 4. The van der Waals surface area contributed by atoms with Gasteiger partial charge in [-0.1, -0.05) is 6.92 Å². The van der Waals surface area contributed by atoms with Gasteiger partial charge in [-0.2, -0.15) is 0 Å². The molecule has 0 saturated carbocycles. The molecule has 0 spiro atoms. The average Bonchev–Trinajstić information content (AvgIpc) is 1.95. The smallest absolute Gasteiger partial charge is 0.176 e. The zero-order chi connectivity index (χ0) is 7.56. The van der Waals surface area contributed by atoms with Crippen LogP contribution >= 0.6 is 0 Å². The van der Waals surface area contributed by atoms with E-state index in [0.717, 1.165) is 19.4 Å². The Labute approximate surface area is 61.1 Å². The summed E-state index contributed by atoms with van der Waals surface area (Å²) < 4.78 is 5.33. The summed E-state index contributed by atoms with van der Waals surface area (Å²) in [5.41, 5.74) is 5.52. The third kappa shape index (κ3) is 1.67. The van der Waals surface area contributed by atoms with Crippen molar-refractivity contribution in [2.45, 2.75) is 32.2 Å². The number of ether oxygens (including phenoxy) is 1. The lowest BCUT2D eigenvalue weighted by Crippen LogP contribution is -2.54. The van der Waals surface area contributed by atoms with Gasteiger partial charge in [-0.25, -0.2) is 5.01 Å². The number of nitrogens with zero attached hydrogens (tertiary/aromatic N) is 1. The van der Waals surface area contributed by atoms with Gasteiger partial charge in [-0.3, -0.25) is 11.6 Å². The molecule has 10 heavy (non-hydrogen) atoms. The van der Waals surface area contributed by atoms with E-state index in [1.54, 1.807) is 0 Å². The Bertz CT molecular complexity index is 109. The minimum absolute atomic E-state index is 0.301. The number of hydrogen-bond donors (Lipinski definition) is 2. The molecule has 1 rings (SSSR count). The third-order valence-corrected chi connectivity index (χ3v) is 1.82. The van der Waals surface area contributed by atoms with Crippen molar-refractivity contribution in [1.82, 2.24) is 5.01 Å². The summed E-state index contributed by atoms with van der Waals surface area (Å²) in [4.78, 5) is 0. The lowest BCUT2D eigenvalue weighted by Gasteiger charge is -2.33. The van der Waals surface area contributed by atoms with Gasteiger partial charge in [-0.05, 0) is 12.8 Å². The van der Waals surface area contributed by atoms with Gasteiger partial charge < -0.3 is 4.74 Å². The lowest BCUT2D eigenvalue weighted by atomic mass is 10.2. The minimum atomic E-state index is -0.404. The molecule has 0 radical (unpaired) electrons. The van der Waals surface area contributed by atoms with E-state index in [1.165, 1.54) is 5.01 Å². The van der Waals surface area contributed by atoms with Crippen LogP contribution in [0, 0.1) is 0 Å². The first-order valence-corrected chi connectivity index (χ1v) is 3.66. The van der Waals surface area contributed by atoms with Crippen molar-refractivity contribution >= 4 is 0 Å². The van der Waals surface area contributed by atoms with E-state index < -0.39 is 6.35 Å². The molecule has 2 atom stereocenters. The van der Waals surface area contributed by atoms with E-state index in [2.05, 4.69) is 6.92 Å². The van der Waals surface area contributed by atoms with Crippen LogP contribution in [-0.2, 0) is 4.74 Å². The second-order valence-corrected chi connectivity index (χ2v) is 2.58. The maximum Gasteiger partial charge on any atom is 0.176 e. The van der Waals surface area contributed by atoms with Crippen LogP contribution in [0.2, 0.25) is 0 Å². The predicted molar refractivity (Wildman–Crippen MR) is 38.6 cm³/mol. The second-order valence-electron chi connectivity index (χ2n) is 2.58. The number of nitrogens with two attached hydrogens (primary N) is 2. The Morgan fingerprint density at radius 1 is 1.70 bits per heavy atom. The Kier molecular flexibility index (Phi) is 2.62. The molecule has 0 bridgehead atoms. The van der Waals surface area contributed by atoms with Crippen LogP contribution in [0.4, 0.5) is 0 Å². The molecule has 1 aliphatic rings. The van der Waals surface area contributed by atoms with Crippen LogP contribution in [0.25, 0.3) is 0 Å².